The minimum atomic E-state index is -2.11. The van der Waals surface area contributed by atoms with E-state index in [1.165, 1.54) is 12.3 Å². The van der Waals surface area contributed by atoms with Crippen molar-refractivity contribution in [3.63, 3.8) is 0 Å². The zero-order valence-electron chi connectivity index (χ0n) is 16.6. The van der Waals surface area contributed by atoms with Gasteiger partial charge in [0, 0.05) is 18.2 Å². The molecule has 1 aliphatic heterocycles. The summed E-state index contributed by atoms with van der Waals surface area (Å²) in [5, 5.41) is 33.1. The largest absolute Gasteiger partial charge is 0.476 e. The Morgan fingerprint density at radius 2 is 1.88 bits per heavy atom. The molecule has 2 heterocycles. The first-order valence-electron chi connectivity index (χ1n) is 9.95. The van der Waals surface area contributed by atoms with Crippen LogP contribution in [0.3, 0.4) is 0 Å². The number of carbonyl (C=O) groups is 1. The third kappa shape index (κ3) is 2.49. The van der Waals surface area contributed by atoms with E-state index in [2.05, 4.69) is 11.1 Å². The van der Waals surface area contributed by atoms with Crippen molar-refractivity contribution in [1.29, 1.82) is 5.26 Å². The molecule has 1 aromatic heterocycles. The highest BCUT2D eigenvalue weighted by Gasteiger charge is 2.77. The molecule has 5 atom stereocenters. The number of aliphatic hydroxyl groups is 2. The van der Waals surface area contributed by atoms with Crippen LogP contribution >= 0.6 is 11.6 Å². The number of benzene rings is 2. The number of ether oxygens (including phenoxy) is 1. The van der Waals surface area contributed by atoms with Crippen LogP contribution in [0, 0.1) is 17.2 Å². The van der Waals surface area contributed by atoms with E-state index in [9.17, 15) is 20.3 Å². The van der Waals surface area contributed by atoms with E-state index in [0.717, 1.165) is 0 Å². The van der Waals surface area contributed by atoms with E-state index < -0.39 is 35.0 Å². The summed E-state index contributed by atoms with van der Waals surface area (Å²) in [7, 11) is 0. The molecule has 1 aliphatic carbocycles. The lowest BCUT2D eigenvalue weighted by Crippen LogP contribution is -2.52. The molecule has 5 unspecified atom stereocenters. The van der Waals surface area contributed by atoms with Crippen molar-refractivity contribution in [1.82, 2.24) is 4.98 Å². The van der Waals surface area contributed by atoms with Crippen LogP contribution < -0.4 is 10.5 Å². The van der Waals surface area contributed by atoms with Gasteiger partial charge in [-0.3, -0.25) is 9.78 Å². The molecule has 0 spiro atoms. The molecule has 4 N–H and O–H groups in total. The maximum Gasteiger partial charge on any atom is 0.224 e. The second kappa shape index (κ2) is 7.04. The Balaban J connectivity index is 1.86. The molecule has 160 valence electrons. The van der Waals surface area contributed by atoms with Gasteiger partial charge in [0.15, 0.2) is 11.2 Å². The van der Waals surface area contributed by atoms with Crippen LogP contribution in [0.25, 0.3) is 0 Å². The van der Waals surface area contributed by atoms with Crippen molar-refractivity contribution in [2.45, 2.75) is 23.2 Å². The predicted octanol–water partition coefficient (Wildman–Crippen LogP) is 2.34. The highest BCUT2D eigenvalue weighted by Crippen LogP contribution is 2.67. The van der Waals surface area contributed by atoms with Crippen molar-refractivity contribution in [3.8, 4) is 11.8 Å². The molecular formula is C24H18ClN3O4. The van der Waals surface area contributed by atoms with Crippen molar-refractivity contribution in [2.24, 2.45) is 11.7 Å². The number of nitrogens with two attached hydrogens (primary N) is 1. The van der Waals surface area contributed by atoms with Crippen LogP contribution in [0.2, 0.25) is 5.02 Å². The van der Waals surface area contributed by atoms with Crippen LogP contribution in [0.1, 0.15) is 28.3 Å². The smallest absolute Gasteiger partial charge is 0.224 e. The molecule has 0 saturated heterocycles. The van der Waals surface area contributed by atoms with Crippen LogP contribution in [-0.4, -0.2) is 27.2 Å². The average molecular weight is 448 g/mol. The zero-order valence-corrected chi connectivity index (χ0v) is 17.4. The lowest BCUT2D eigenvalue weighted by atomic mass is 9.71. The highest BCUT2D eigenvalue weighted by atomic mass is 35.5. The van der Waals surface area contributed by atoms with Gasteiger partial charge < -0.3 is 20.7 Å². The number of halogens is 1. The molecule has 0 radical (unpaired) electrons. The summed E-state index contributed by atoms with van der Waals surface area (Å²) in [4.78, 5) is 16.9. The Kier molecular flexibility index (Phi) is 4.50. The highest BCUT2D eigenvalue weighted by molar-refractivity contribution is 6.30. The molecule has 8 heteroatoms. The fraction of sp³-hybridized carbons (Fsp3) is 0.208. The van der Waals surface area contributed by atoms with Gasteiger partial charge in [0.25, 0.3) is 0 Å². The second-order valence-corrected chi connectivity index (χ2v) is 8.49. The van der Waals surface area contributed by atoms with Gasteiger partial charge in [-0.25, -0.2) is 0 Å². The number of nitrogens with zero attached hydrogens (tertiary/aromatic N) is 2. The molecule has 2 aliphatic rings. The minimum Gasteiger partial charge on any atom is -0.476 e. The molecule has 2 aromatic carbocycles. The van der Waals surface area contributed by atoms with Crippen molar-refractivity contribution >= 4 is 17.5 Å². The predicted molar refractivity (Wildman–Crippen MR) is 114 cm³/mol. The fourth-order valence-electron chi connectivity index (χ4n) is 5.24. The topological polar surface area (TPSA) is 129 Å². The van der Waals surface area contributed by atoms with Gasteiger partial charge in [-0.1, -0.05) is 54.1 Å². The van der Waals surface area contributed by atoms with Crippen LogP contribution in [-0.2, 0) is 16.0 Å². The van der Waals surface area contributed by atoms with Gasteiger partial charge in [-0.15, -0.1) is 0 Å². The van der Waals surface area contributed by atoms with Gasteiger partial charge in [0.2, 0.25) is 5.91 Å². The number of hydrogen-bond acceptors (Lipinski definition) is 6. The van der Waals surface area contributed by atoms with Crippen molar-refractivity contribution in [3.05, 3.63) is 94.3 Å². The summed E-state index contributed by atoms with van der Waals surface area (Å²) < 4.78 is 6.43. The Labute approximate surface area is 188 Å². The SMILES string of the molecule is N#Cc1ccc(C23Oc4cc(Cl)cnc4C2(O)C(O)C(C(N)=O)C3c2ccccc2)cc1. The van der Waals surface area contributed by atoms with Crippen molar-refractivity contribution < 1.29 is 19.7 Å². The fourth-order valence-corrected chi connectivity index (χ4v) is 5.39. The molecule has 1 amide bonds. The molecule has 1 fully saturated rings. The van der Waals surface area contributed by atoms with E-state index in [1.54, 1.807) is 48.5 Å². The standard InChI is InChI=1S/C24H18ClN3O4/c25-16-10-17-20(28-12-16)23(31)21(29)18(22(27)30)19(14-4-2-1-3-5-14)24(23,32-17)15-8-6-13(11-26)7-9-15/h1-10,12,18-19,21,29,31H,(H2,27,30). The summed E-state index contributed by atoms with van der Waals surface area (Å²) in [5.74, 6) is -2.61. The number of fused-ring (bicyclic) bond motifs is 3. The number of hydrogen-bond donors (Lipinski definition) is 3. The van der Waals surface area contributed by atoms with Crippen LogP contribution in [0.15, 0.2) is 66.9 Å². The van der Waals surface area contributed by atoms with Gasteiger partial charge >= 0.3 is 0 Å². The van der Waals surface area contributed by atoms with E-state index in [0.29, 0.717) is 21.7 Å². The zero-order chi connectivity index (χ0) is 22.7. The molecule has 32 heavy (non-hydrogen) atoms. The summed E-state index contributed by atoms with van der Waals surface area (Å²) in [6, 6.07) is 19.0. The summed E-state index contributed by atoms with van der Waals surface area (Å²) in [6.07, 6.45) is -0.269. The number of aliphatic hydroxyl groups excluding tert-OH is 1. The first-order chi connectivity index (χ1) is 15.3. The first kappa shape index (κ1) is 20.5. The maximum atomic E-state index is 12.6. The second-order valence-electron chi connectivity index (χ2n) is 8.05. The van der Waals surface area contributed by atoms with Crippen LogP contribution in [0.4, 0.5) is 0 Å². The molecule has 1 saturated carbocycles. The molecule has 7 nitrogen and oxygen atoms in total. The van der Waals surface area contributed by atoms with E-state index in [-0.39, 0.29) is 11.4 Å². The number of pyridine rings is 1. The average Bonchev–Trinajstić information content (AvgIpc) is 3.17. The lowest BCUT2D eigenvalue weighted by molar-refractivity contribution is -0.155. The third-order valence-electron chi connectivity index (χ3n) is 6.51. The lowest BCUT2D eigenvalue weighted by Gasteiger charge is -2.40. The summed E-state index contributed by atoms with van der Waals surface area (Å²) >= 11 is 6.13. The van der Waals surface area contributed by atoms with Gasteiger partial charge in [0.1, 0.15) is 17.5 Å². The monoisotopic (exact) mass is 447 g/mol. The molecule has 3 aromatic rings. The first-order valence-corrected chi connectivity index (χ1v) is 10.3. The number of aromatic nitrogens is 1. The number of rotatable bonds is 3. The third-order valence-corrected chi connectivity index (χ3v) is 6.72. The Morgan fingerprint density at radius 3 is 2.50 bits per heavy atom. The number of primary amides is 1. The minimum absolute atomic E-state index is 0.0726. The maximum absolute atomic E-state index is 12.6. The van der Waals surface area contributed by atoms with E-state index >= 15 is 0 Å². The van der Waals surface area contributed by atoms with Gasteiger partial charge in [-0.05, 0) is 23.3 Å². The summed E-state index contributed by atoms with van der Waals surface area (Å²) in [5.41, 5.74) is 3.59. The Bertz CT molecular complexity index is 1260. The number of nitriles is 1. The molecule has 0 bridgehead atoms. The van der Waals surface area contributed by atoms with Crippen molar-refractivity contribution in [2.75, 3.05) is 0 Å². The van der Waals surface area contributed by atoms with Gasteiger partial charge in [0.05, 0.1) is 22.6 Å². The summed E-state index contributed by atoms with van der Waals surface area (Å²) in [6.45, 7) is 0. The van der Waals surface area contributed by atoms with E-state index in [1.807, 2.05) is 6.07 Å². The quantitative estimate of drug-likeness (QED) is 0.565. The Morgan fingerprint density at radius 1 is 1.19 bits per heavy atom. The van der Waals surface area contributed by atoms with E-state index in [4.69, 9.17) is 22.1 Å². The Hall–Kier alpha value is -3.44. The molecular weight excluding hydrogens is 430 g/mol. The van der Waals surface area contributed by atoms with Gasteiger partial charge in [-0.2, -0.15) is 5.26 Å². The number of carbonyl (C=O) groups excluding carboxylic acids is 1. The normalized spacial score (nSPS) is 30.1. The van der Waals surface area contributed by atoms with Crippen LogP contribution in [0.5, 0.6) is 5.75 Å². The molecule has 5 rings (SSSR count). The number of amides is 1.